The van der Waals surface area contributed by atoms with Gasteiger partial charge in [-0.15, -0.1) is 0 Å². The van der Waals surface area contributed by atoms with E-state index in [1.807, 2.05) is 25.1 Å². The average molecular weight is 604 g/mol. The summed E-state index contributed by atoms with van der Waals surface area (Å²) in [6.07, 6.45) is 0. The highest BCUT2D eigenvalue weighted by Gasteiger charge is 2.33. The number of halogens is 1. The number of sulfonamides is 1. The summed E-state index contributed by atoms with van der Waals surface area (Å²) >= 11 is 6.22. The number of anilines is 2. The molecule has 0 aromatic heterocycles. The van der Waals surface area contributed by atoms with E-state index >= 15 is 0 Å². The number of aryl methyl sites for hydroxylation is 1. The fourth-order valence-corrected chi connectivity index (χ4v) is 6.34. The second-order valence-corrected chi connectivity index (χ2v) is 11.7. The van der Waals surface area contributed by atoms with Crippen LogP contribution >= 0.6 is 11.6 Å². The van der Waals surface area contributed by atoms with Crippen LogP contribution in [0.25, 0.3) is 0 Å². The van der Waals surface area contributed by atoms with Crippen LogP contribution in [0.15, 0.2) is 59.5 Å². The molecule has 12 heteroatoms. The summed E-state index contributed by atoms with van der Waals surface area (Å²) < 4.78 is 50.8. The minimum atomic E-state index is -4.28. The molecular formula is C29H34ClN3O7S. The van der Waals surface area contributed by atoms with E-state index in [-0.39, 0.29) is 28.0 Å². The van der Waals surface area contributed by atoms with Gasteiger partial charge < -0.3 is 28.7 Å². The van der Waals surface area contributed by atoms with Crippen LogP contribution in [0.3, 0.4) is 0 Å². The molecule has 3 aromatic carbocycles. The lowest BCUT2D eigenvalue weighted by atomic mass is 10.1. The fraction of sp³-hybridized carbons (Fsp3) is 0.345. The average Bonchev–Trinajstić information content (AvgIpc) is 3.00. The molecule has 0 saturated carbocycles. The first-order valence-corrected chi connectivity index (χ1v) is 14.7. The molecule has 0 spiro atoms. The van der Waals surface area contributed by atoms with Gasteiger partial charge in [0.25, 0.3) is 10.0 Å². The molecule has 4 rings (SSSR count). The number of rotatable bonds is 10. The van der Waals surface area contributed by atoms with Crippen molar-refractivity contribution in [1.29, 1.82) is 0 Å². The van der Waals surface area contributed by atoms with Crippen molar-refractivity contribution in [1.82, 2.24) is 4.90 Å². The van der Waals surface area contributed by atoms with E-state index in [2.05, 4.69) is 4.90 Å². The molecule has 1 amide bonds. The van der Waals surface area contributed by atoms with Gasteiger partial charge >= 0.3 is 0 Å². The van der Waals surface area contributed by atoms with E-state index in [4.69, 9.17) is 30.5 Å². The van der Waals surface area contributed by atoms with E-state index in [1.165, 1.54) is 52.7 Å². The quantitative estimate of drug-likeness (QED) is 0.340. The number of piperazine rings is 1. The molecule has 41 heavy (non-hydrogen) atoms. The maximum absolute atomic E-state index is 14.1. The van der Waals surface area contributed by atoms with Crippen molar-refractivity contribution >= 4 is 38.9 Å². The normalized spacial score (nSPS) is 13.5. The Balaban J connectivity index is 1.66. The van der Waals surface area contributed by atoms with Gasteiger partial charge in [0.1, 0.15) is 18.0 Å². The van der Waals surface area contributed by atoms with Crippen molar-refractivity contribution in [2.24, 2.45) is 0 Å². The third-order valence-electron chi connectivity index (χ3n) is 7.02. The topological polar surface area (TPSA) is 97.9 Å². The molecule has 1 fully saturated rings. The highest BCUT2D eigenvalue weighted by molar-refractivity contribution is 7.92. The summed E-state index contributed by atoms with van der Waals surface area (Å²) in [6, 6.07) is 14.8. The molecule has 1 heterocycles. The van der Waals surface area contributed by atoms with Gasteiger partial charge in [-0.3, -0.25) is 9.10 Å². The van der Waals surface area contributed by atoms with Gasteiger partial charge in [-0.1, -0.05) is 17.7 Å². The predicted molar refractivity (Wildman–Crippen MR) is 159 cm³/mol. The zero-order valence-electron chi connectivity index (χ0n) is 23.7. The Labute approximate surface area is 246 Å². The Morgan fingerprint density at radius 1 is 0.829 bits per heavy atom. The maximum Gasteiger partial charge on any atom is 0.265 e. The second-order valence-electron chi connectivity index (χ2n) is 9.36. The van der Waals surface area contributed by atoms with Gasteiger partial charge in [-0.05, 0) is 48.9 Å². The van der Waals surface area contributed by atoms with Gasteiger partial charge in [-0.2, -0.15) is 0 Å². The molecule has 0 radical (unpaired) electrons. The van der Waals surface area contributed by atoms with Crippen LogP contribution in [0, 0.1) is 6.92 Å². The van der Waals surface area contributed by atoms with Gasteiger partial charge in [0.15, 0.2) is 11.5 Å². The van der Waals surface area contributed by atoms with Crippen LogP contribution in [0.4, 0.5) is 11.4 Å². The molecule has 1 aliphatic heterocycles. The molecule has 1 saturated heterocycles. The molecule has 0 N–H and O–H groups in total. The molecule has 1 aliphatic rings. The molecule has 0 atom stereocenters. The maximum atomic E-state index is 14.1. The number of ether oxygens (including phenoxy) is 4. The minimum absolute atomic E-state index is 0.0749. The largest absolute Gasteiger partial charge is 0.497 e. The Morgan fingerprint density at radius 2 is 1.49 bits per heavy atom. The number of carbonyl (C=O) groups is 1. The Morgan fingerprint density at radius 3 is 2.12 bits per heavy atom. The highest BCUT2D eigenvalue weighted by atomic mass is 35.5. The third-order valence-corrected chi connectivity index (χ3v) is 9.01. The molecule has 0 unspecified atom stereocenters. The number of hydrogen-bond acceptors (Lipinski definition) is 8. The van der Waals surface area contributed by atoms with Crippen molar-refractivity contribution in [3.8, 4) is 23.0 Å². The molecule has 3 aromatic rings. The van der Waals surface area contributed by atoms with Gasteiger partial charge in [0.2, 0.25) is 5.91 Å². The summed E-state index contributed by atoms with van der Waals surface area (Å²) in [5.41, 5.74) is 2.28. The first kappa shape index (κ1) is 30.1. The van der Waals surface area contributed by atoms with Gasteiger partial charge in [-0.25, -0.2) is 8.42 Å². The highest BCUT2D eigenvalue weighted by Crippen LogP contribution is 2.38. The number of benzene rings is 3. The Hall–Kier alpha value is -3.83. The predicted octanol–water partition coefficient (Wildman–Crippen LogP) is 4.23. The zero-order valence-corrected chi connectivity index (χ0v) is 25.3. The van der Waals surface area contributed by atoms with Crippen LogP contribution in [-0.2, 0) is 14.8 Å². The number of hydrogen-bond donors (Lipinski definition) is 0. The molecule has 220 valence electrons. The molecular weight excluding hydrogens is 570 g/mol. The third kappa shape index (κ3) is 6.41. The van der Waals surface area contributed by atoms with Gasteiger partial charge in [0.05, 0.1) is 39.0 Å². The lowest BCUT2D eigenvalue weighted by molar-refractivity contribution is -0.129. The summed E-state index contributed by atoms with van der Waals surface area (Å²) in [5, 5.41) is 0.646. The summed E-state index contributed by atoms with van der Waals surface area (Å²) in [7, 11) is 1.52. The monoisotopic (exact) mass is 603 g/mol. The molecule has 10 nitrogen and oxygen atoms in total. The van der Waals surface area contributed by atoms with E-state index in [0.717, 1.165) is 15.6 Å². The number of nitrogens with zero attached hydrogens (tertiary/aromatic N) is 3. The van der Waals surface area contributed by atoms with Crippen LogP contribution in [0.2, 0.25) is 5.02 Å². The zero-order chi connectivity index (χ0) is 29.7. The lowest BCUT2D eigenvalue weighted by Gasteiger charge is -2.38. The van der Waals surface area contributed by atoms with E-state index in [9.17, 15) is 13.2 Å². The van der Waals surface area contributed by atoms with Crippen LogP contribution in [0.5, 0.6) is 23.0 Å². The smallest absolute Gasteiger partial charge is 0.265 e. The van der Waals surface area contributed by atoms with Gasteiger partial charge in [0, 0.05) is 49.0 Å². The van der Waals surface area contributed by atoms with Crippen molar-refractivity contribution in [2.45, 2.75) is 11.8 Å². The second kappa shape index (κ2) is 12.8. The van der Waals surface area contributed by atoms with Crippen LogP contribution in [-0.4, -0.2) is 80.4 Å². The minimum Gasteiger partial charge on any atom is -0.497 e. The van der Waals surface area contributed by atoms with E-state index in [0.29, 0.717) is 42.7 Å². The lowest BCUT2D eigenvalue weighted by Crippen LogP contribution is -2.52. The van der Waals surface area contributed by atoms with Crippen LogP contribution in [0.1, 0.15) is 5.56 Å². The van der Waals surface area contributed by atoms with E-state index in [1.54, 1.807) is 17.0 Å². The SMILES string of the molecule is COc1ccc(OC)c(N(CC(=O)N2CCN(c3cc(Cl)ccc3C)CC2)S(=O)(=O)c2ccc(OC)c(OC)c2)c1. The number of methoxy groups -OCH3 is 4. The van der Waals surface area contributed by atoms with Crippen molar-refractivity contribution in [3.63, 3.8) is 0 Å². The first-order valence-electron chi connectivity index (χ1n) is 12.9. The van der Waals surface area contributed by atoms with Crippen LogP contribution < -0.4 is 28.2 Å². The fourth-order valence-electron chi connectivity index (χ4n) is 4.74. The summed E-state index contributed by atoms with van der Waals surface area (Å²) in [6.45, 7) is 3.57. The summed E-state index contributed by atoms with van der Waals surface area (Å²) in [5.74, 6) is 0.947. The van der Waals surface area contributed by atoms with Crippen molar-refractivity contribution in [2.75, 3.05) is 70.4 Å². The van der Waals surface area contributed by atoms with Crippen molar-refractivity contribution in [3.05, 3.63) is 65.2 Å². The standard InChI is InChI=1S/C29H34ClN3O7S/c1-20-6-7-21(30)16-24(20)31-12-14-32(15-13-31)29(34)19-33(25-17-22(37-2)8-10-26(25)38-3)41(35,36)23-9-11-27(39-4)28(18-23)40-5/h6-11,16-18H,12-15,19H2,1-5H3. The van der Waals surface area contributed by atoms with Crippen molar-refractivity contribution < 1.29 is 32.2 Å². The number of amides is 1. The van der Waals surface area contributed by atoms with E-state index < -0.39 is 16.6 Å². The summed E-state index contributed by atoms with van der Waals surface area (Å²) in [4.78, 5) is 17.4. The Bertz CT molecular complexity index is 1510. The Kier molecular flexibility index (Phi) is 9.39. The number of carbonyl (C=O) groups excluding carboxylic acids is 1. The molecule has 0 bridgehead atoms. The molecule has 0 aliphatic carbocycles. The first-order chi connectivity index (χ1) is 19.6.